The van der Waals surface area contributed by atoms with E-state index in [0.717, 1.165) is 31.9 Å². The summed E-state index contributed by atoms with van der Waals surface area (Å²) < 4.78 is 2.16. The van der Waals surface area contributed by atoms with Gasteiger partial charge in [0.05, 0.1) is 17.9 Å². The average Bonchev–Trinajstić information content (AvgIpc) is 3.00. The van der Waals surface area contributed by atoms with Crippen LogP contribution in [-0.2, 0) is 19.6 Å². The summed E-state index contributed by atoms with van der Waals surface area (Å²) >= 11 is 0. The Morgan fingerprint density at radius 2 is 1.74 bits per heavy atom. The van der Waals surface area contributed by atoms with E-state index in [-0.39, 0.29) is 0 Å². The molecule has 0 spiro atoms. The predicted octanol–water partition coefficient (Wildman–Crippen LogP) is 3.87. The maximum Gasteiger partial charge on any atom is 0.0926 e. The fourth-order valence-corrected chi connectivity index (χ4v) is 3.16. The molecule has 3 heteroatoms. The maximum atomic E-state index is 4.78. The van der Waals surface area contributed by atoms with Crippen molar-refractivity contribution in [1.29, 1.82) is 0 Å². The fraction of sp³-hybridized carbons (Fsp3) is 0.250. The zero-order valence-corrected chi connectivity index (χ0v) is 13.4. The number of fused-ring (bicyclic) bond motifs is 1. The van der Waals surface area contributed by atoms with Crippen molar-refractivity contribution < 1.29 is 0 Å². The van der Waals surface area contributed by atoms with Crippen molar-refractivity contribution in [3.63, 3.8) is 0 Å². The average molecular weight is 303 g/mol. The lowest BCUT2D eigenvalue weighted by Gasteiger charge is -2.27. The molecule has 1 aliphatic rings. The zero-order chi connectivity index (χ0) is 15.6. The van der Waals surface area contributed by atoms with Gasteiger partial charge in [-0.05, 0) is 18.6 Å². The van der Waals surface area contributed by atoms with Crippen LogP contribution in [0.5, 0.6) is 0 Å². The van der Waals surface area contributed by atoms with Crippen LogP contribution in [-0.4, -0.2) is 21.2 Å². The molecule has 116 valence electrons. The summed E-state index contributed by atoms with van der Waals surface area (Å²) in [4.78, 5) is 2.49. The molecule has 0 aliphatic carbocycles. The molecular formula is C20H21N3. The van der Waals surface area contributed by atoms with Crippen molar-refractivity contribution in [2.75, 3.05) is 6.54 Å². The van der Waals surface area contributed by atoms with E-state index in [1.807, 2.05) is 0 Å². The van der Waals surface area contributed by atoms with Gasteiger partial charge < -0.3 is 0 Å². The van der Waals surface area contributed by atoms with E-state index >= 15 is 0 Å². The second-order valence-corrected chi connectivity index (χ2v) is 6.31. The number of nitrogens with zero attached hydrogens (tertiary/aromatic N) is 3. The molecule has 23 heavy (non-hydrogen) atoms. The predicted molar refractivity (Wildman–Crippen MR) is 93.0 cm³/mol. The van der Waals surface area contributed by atoms with E-state index in [4.69, 9.17) is 5.10 Å². The van der Waals surface area contributed by atoms with Gasteiger partial charge in [0.2, 0.25) is 0 Å². The van der Waals surface area contributed by atoms with Gasteiger partial charge in [-0.2, -0.15) is 5.10 Å². The Bertz CT molecular complexity index is 788. The van der Waals surface area contributed by atoms with Gasteiger partial charge in [-0.3, -0.25) is 9.58 Å². The van der Waals surface area contributed by atoms with Crippen LogP contribution >= 0.6 is 0 Å². The monoisotopic (exact) mass is 303 g/mol. The van der Waals surface area contributed by atoms with Crippen LogP contribution in [0.3, 0.4) is 0 Å². The molecule has 0 saturated carbocycles. The largest absolute Gasteiger partial charge is 0.291 e. The molecule has 0 bridgehead atoms. The second-order valence-electron chi connectivity index (χ2n) is 6.31. The standard InChI is InChI=1S/C20H21N3/c1-16-7-9-18(10-8-16)20-13-19-15-22(11-12-23(19)21-20)14-17-5-3-2-4-6-17/h2-10,13H,11-12,14-15H2,1H3. The summed E-state index contributed by atoms with van der Waals surface area (Å²) in [6.07, 6.45) is 0. The van der Waals surface area contributed by atoms with Gasteiger partial charge in [0.25, 0.3) is 0 Å². The summed E-state index contributed by atoms with van der Waals surface area (Å²) in [6, 6.07) is 21.5. The Morgan fingerprint density at radius 1 is 0.957 bits per heavy atom. The maximum absolute atomic E-state index is 4.78. The Kier molecular flexibility index (Phi) is 3.72. The number of aryl methyl sites for hydroxylation is 1. The van der Waals surface area contributed by atoms with Gasteiger partial charge >= 0.3 is 0 Å². The highest BCUT2D eigenvalue weighted by Crippen LogP contribution is 2.23. The number of benzene rings is 2. The Hall–Kier alpha value is -2.39. The van der Waals surface area contributed by atoms with Crippen LogP contribution in [0.15, 0.2) is 60.7 Å². The minimum absolute atomic E-state index is 0.966. The van der Waals surface area contributed by atoms with Crippen molar-refractivity contribution in [2.45, 2.75) is 26.6 Å². The molecule has 0 radical (unpaired) electrons. The summed E-state index contributed by atoms with van der Waals surface area (Å²) in [6.45, 7) is 6.11. The van der Waals surface area contributed by atoms with Gasteiger partial charge in [-0.25, -0.2) is 0 Å². The lowest BCUT2D eigenvalue weighted by atomic mass is 10.1. The van der Waals surface area contributed by atoms with E-state index in [1.54, 1.807) is 0 Å². The first-order valence-corrected chi connectivity index (χ1v) is 8.18. The smallest absolute Gasteiger partial charge is 0.0926 e. The van der Waals surface area contributed by atoms with Gasteiger partial charge in [0.1, 0.15) is 0 Å². The lowest BCUT2D eigenvalue weighted by molar-refractivity contribution is 0.205. The third-order valence-corrected chi connectivity index (χ3v) is 4.47. The van der Waals surface area contributed by atoms with Crippen molar-refractivity contribution in [2.24, 2.45) is 0 Å². The molecule has 0 unspecified atom stereocenters. The number of aromatic nitrogens is 2. The van der Waals surface area contributed by atoms with Gasteiger partial charge in [-0.15, -0.1) is 0 Å². The van der Waals surface area contributed by atoms with Crippen LogP contribution in [0.25, 0.3) is 11.3 Å². The molecule has 0 fully saturated rings. The Balaban J connectivity index is 1.52. The van der Waals surface area contributed by atoms with Crippen molar-refractivity contribution >= 4 is 0 Å². The molecule has 0 amide bonds. The highest BCUT2D eigenvalue weighted by Gasteiger charge is 2.18. The zero-order valence-electron chi connectivity index (χ0n) is 13.4. The number of hydrogen-bond donors (Lipinski definition) is 0. The van der Waals surface area contributed by atoms with Crippen LogP contribution in [0.1, 0.15) is 16.8 Å². The SMILES string of the molecule is Cc1ccc(-c2cc3n(n2)CCN(Cc2ccccc2)C3)cc1. The number of rotatable bonds is 3. The molecule has 3 nitrogen and oxygen atoms in total. The summed E-state index contributed by atoms with van der Waals surface area (Å²) in [5, 5.41) is 4.78. The molecular weight excluding hydrogens is 282 g/mol. The fourth-order valence-electron chi connectivity index (χ4n) is 3.16. The molecule has 0 N–H and O–H groups in total. The molecule has 2 aromatic carbocycles. The molecule has 3 aromatic rings. The van der Waals surface area contributed by atoms with Crippen molar-refractivity contribution in [3.05, 3.63) is 77.5 Å². The van der Waals surface area contributed by atoms with Crippen LogP contribution < -0.4 is 0 Å². The third kappa shape index (κ3) is 3.06. The van der Waals surface area contributed by atoms with E-state index in [1.165, 1.54) is 22.4 Å². The van der Waals surface area contributed by atoms with Crippen LogP contribution in [0.2, 0.25) is 0 Å². The normalized spacial score (nSPS) is 14.7. The molecule has 4 rings (SSSR count). The van der Waals surface area contributed by atoms with Crippen LogP contribution in [0, 0.1) is 6.92 Å². The van der Waals surface area contributed by atoms with E-state index in [2.05, 4.69) is 77.2 Å². The second kappa shape index (κ2) is 6.01. The van der Waals surface area contributed by atoms with Gasteiger partial charge in [0.15, 0.2) is 0 Å². The Labute approximate surface area is 137 Å². The lowest BCUT2D eigenvalue weighted by Crippen LogP contribution is -2.33. The highest BCUT2D eigenvalue weighted by molar-refractivity contribution is 5.59. The van der Waals surface area contributed by atoms with Crippen LogP contribution in [0.4, 0.5) is 0 Å². The van der Waals surface area contributed by atoms with E-state index < -0.39 is 0 Å². The first kappa shape index (κ1) is 14.2. The van der Waals surface area contributed by atoms with Gasteiger partial charge in [-0.1, -0.05) is 60.2 Å². The first-order chi connectivity index (χ1) is 11.3. The summed E-state index contributed by atoms with van der Waals surface area (Å²) in [5.41, 5.74) is 6.25. The van der Waals surface area contributed by atoms with Crippen molar-refractivity contribution in [3.8, 4) is 11.3 Å². The first-order valence-electron chi connectivity index (χ1n) is 8.18. The molecule has 2 heterocycles. The highest BCUT2D eigenvalue weighted by atomic mass is 15.3. The van der Waals surface area contributed by atoms with E-state index in [0.29, 0.717) is 0 Å². The topological polar surface area (TPSA) is 21.1 Å². The minimum Gasteiger partial charge on any atom is -0.291 e. The Morgan fingerprint density at radius 3 is 2.52 bits per heavy atom. The minimum atomic E-state index is 0.966. The van der Waals surface area contributed by atoms with Crippen molar-refractivity contribution in [1.82, 2.24) is 14.7 Å². The van der Waals surface area contributed by atoms with Gasteiger partial charge in [0, 0.05) is 25.2 Å². The molecule has 0 atom stereocenters. The third-order valence-electron chi connectivity index (χ3n) is 4.47. The van der Waals surface area contributed by atoms with E-state index in [9.17, 15) is 0 Å². The quantitative estimate of drug-likeness (QED) is 0.732. The number of hydrogen-bond acceptors (Lipinski definition) is 2. The summed E-state index contributed by atoms with van der Waals surface area (Å²) in [5.74, 6) is 0. The molecule has 1 aliphatic heterocycles. The summed E-state index contributed by atoms with van der Waals surface area (Å²) in [7, 11) is 0. The molecule has 0 saturated heterocycles. The molecule has 1 aromatic heterocycles.